The molecule has 0 spiro atoms. The van der Waals surface area contributed by atoms with Crippen molar-refractivity contribution in [3.8, 4) is 0 Å². The van der Waals surface area contributed by atoms with Gasteiger partial charge in [-0.3, -0.25) is 0 Å². The summed E-state index contributed by atoms with van der Waals surface area (Å²) in [5.41, 5.74) is 1.07. The molecule has 2 aromatic rings. The highest BCUT2D eigenvalue weighted by Gasteiger charge is 2.19. The van der Waals surface area contributed by atoms with Crippen LogP contribution in [0.25, 0.3) is 11.0 Å². The molecule has 1 aromatic carbocycles. The lowest BCUT2D eigenvalue weighted by Crippen LogP contribution is -2.17. The van der Waals surface area contributed by atoms with Crippen LogP contribution in [0.15, 0.2) is 23.2 Å². The van der Waals surface area contributed by atoms with Gasteiger partial charge in [0.15, 0.2) is 20.7 Å². The quantitative estimate of drug-likeness (QED) is 0.841. The number of benzene rings is 1. The summed E-state index contributed by atoms with van der Waals surface area (Å²) in [6, 6.07) is 5.00. The maximum Gasteiger partial charge on any atom is 0.198 e. The van der Waals surface area contributed by atoms with Crippen LogP contribution in [-0.4, -0.2) is 38.7 Å². The molecule has 0 unspecified atom stereocenters. The molecule has 1 aromatic heterocycles. The van der Waals surface area contributed by atoms with Crippen LogP contribution < -0.4 is 4.90 Å². The molecule has 0 aliphatic carbocycles. The van der Waals surface area contributed by atoms with Crippen LogP contribution >= 0.6 is 11.6 Å². The Hall–Kier alpha value is -1.40. The van der Waals surface area contributed by atoms with E-state index in [-0.39, 0.29) is 5.03 Å². The van der Waals surface area contributed by atoms with Crippen LogP contribution in [0.2, 0.25) is 5.02 Å². The molecule has 0 atom stereocenters. The Morgan fingerprint density at radius 2 is 1.83 bits per heavy atom. The summed E-state index contributed by atoms with van der Waals surface area (Å²) >= 11 is 5.86. The molecule has 1 heterocycles. The number of sulfone groups is 1. The van der Waals surface area contributed by atoms with Gasteiger partial charge in [0.25, 0.3) is 0 Å². The molecule has 0 fully saturated rings. The third-order valence-electron chi connectivity index (χ3n) is 2.35. The predicted octanol–water partition coefficient (Wildman–Crippen LogP) is 1.75. The molecule has 0 radical (unpaired) electrons. The third-order valence-corrected chi connectivity index (χ3v) is 3.56. The summed E-state index contributed by atoms with van der Waals surface area (Å²) in [5.74, 6) is 0.326. The molecule has 5 nitrogen and oxygen atoms in total. The number of aromatic nitrogens is 2. The van der Waals surface area contributed by atoms with Gasteiger partial charge < -0.3 is 4.90 Å². The Morgan fingerprint density at radius 1 is 1.17 bits per heavy atom. The molecule has 0 bridgehead atoms. The van der Waals surface area contributed by atoms with Gasteiger partial charge in [0.05, 0.1) is 11.0 Å². The third kappa shape index (κ3) is 2.39. The van der Waals surface area contributed by atoms with Crippen LogP contribution in [-0.2, 0) is 9.84 Å². The van der Waals surface area contributed by atoms with E-state index >= 15 is 0 Å². The van der Waals surface area contributed by atoms with Gasteiger partial charge in [0.1, 0.15) is 0 Å². The fourth-order valence-corrected chi connectivity index (χ4v) is 2.53. The average Bonchev–Trinajstić information content (AvgIpc) is 2.25. The normalized spacial score (nSPS) is 11.8. The minimum Gasteiger partial charge on any atom is -0.360 e. The number of hydrogen-bond donors (Lipinski definition) is 0. The van der Waals surface area contributed by atoms with E-state index in [0.717, 1.165) is 6.26 Å². The maximum absolute atomic E-state index is 11.7. The van der Waals surface area contributed by atoms with Crippen molar-refractivity contribution in [3.05, 3.63) is 23.2 Å². The highest BCUT2D eigenvalue weighted by Crippen LogP contribution is 2.24. The Balaban J connectivity index is 2.86. The zero-order valence-electron chi connectivity index (χ0n) is 10.2. The number of halogens is 1. The van der Waals surface area contributed by atoms with Crippen molar-refractivity contribution >= 4 is 38.3 Å². The summed E-state index contributed by atoms with van der Waals surface area (Å²) in [5, 5.41) is 0.455. The minimum absolute atomic E-state index is 0.0396. The van der Waals surface area contributed by atoms with Crippen molar-refractivity contribution in [2.45, 2.75) is 5.03 Å². The number of hydrogen-bond acceptors (Lipinski definition) is 5. The molecule has 96 valence electrons. The Bertz CT molecular complexity index is 714. The first kappa shape index (κ1) is 13.0. The summed E-state index contributed by atoms with van der Waals surface area (Å²) in [4.78, 5) is 10.1. The van der Waals surface area contributed by atoms with Gasteiger partial charge in [-0.1, -0.05) is 11.6 Å². The fraction of sp³-hybridized carbons (Fsp3) is 0.273. The van der Waals surface area contributed by atoms with Gasteiger partial charge >= 0.3 is 0 Å². The van der Waals surface area contributed by atoms with E-state index in [4.69, 9.17) is 11.6 Å². The fourth-order valence-electron chi connectivity index (χ4n) is 1.54. The van der Waals surface area contributed by atoms with Gasteiger partial charge in [0.2, 0.25) is 0 Å². The molecule has 0 aliphatic rings. The molecular weight excluding hydrogens is 274 g/mol. The molecular formula is C11H12ClN3O2S. The van der Waals surface area contributed by atoms with Gasteiger partial charge in [-0.05, 0) is 18.2 Å². The van der Waals surface area contributed by atoms with Crippen molar-refractivity contribution in [1.82, 2.24) is 9.97 Å². The SMILES string of the molecule is CN(C)c1nc2ccc(Cl)cc2nc1S(C)(=O)=O. The van der Waals surface area contributed by atoms with E-state index in [2.05, 4.69) is 9.97 Å². The van der Waals surface area contributed by atoms with Crippen molar-refractivity contribution in [2.24, 2.45) is 0 Å². The second kappa shape index (κ2) is 4.37. The van der Waals surface area contributed by atoms with E-state index in [0.29, 0.717) is 21.9 Å². The first-order valence-electron chi connectivity index (χ1n) is 5.14. The summed E-state index contributed by atoms with van der Waals surface area (Å²) in [6.07, 6.45) is 1.11. The lowest BCUT2D eigenvalue weighted by molar-refractivity contribution is 0.598. The van der Waals surface area contributed by atoms with Gasteiger partial charge in [0, 0.05) is 25.4 Å². The molecule has 0 saturated heterocycles. The lowest BCUT2D eigenvalue weighted by Gasteiger charge is -2.15. The monoisotopic (exact) mass is 285 g/mol. The summed E-state index contributed by atoms with van der Waals surface area (Å²) < 4.78 is 23.4. The van der Waals surface area contributed by atoms with Crippen LogP contribution in [0.1, 0.15) is 0 Å². The highest BCUT2D eigenvalue weighted by molar-refractivity contribution is 7.90. The van der Waals surface area contributed by atoms with Crippen molar-refractivity contribution in [3.63, 3.8) is 0 Å². The van der Waals surface area contributed by atoms with E-state index in [9.17, 15) is 8.42 Å². The molecule has 0 aliphatic heterocycles. The lowest BCUT2D eigenvalue weighted by atomic mass is 10.3. The van der Waals surface area contributed by atoms with Crippen LogP contribution in [0, 0.1) is 0 Å². The first-order chi connectivity index (χ1) is 8.29. The minimum atomic E-state index is -3.44. The van der Waals surface area contributed by atoms with Gasteiger partial charge in [-0.15, -0.1) is 0 Å². The smallest absolute Gasteiger partial charge is 0.198 e. The second-order valence-electron chi connectivity index (χ2n) is 4.15. The first-order valence-corrected chi connectivity index (χ1v) is 7.40. The van der Waals surface area contributed by atoms with Crippen LogP contribution in [0.5, 0.6) is 0 Å². The standard InChI is InChI=1S/C11H12ClN3O2S/c1-15(2)10-11(18(3,16)17)14-9-6-7(12)4-5-8(9)13-10/h4-6H,1-3H3. The zero-order valence-corrected chi connectivity index (χ0v) is 11.7. The van der Waals surface area contributed by atoms with Gasteiger partial charge in [-0.25, -0.2) is 18.4 Å². The average molecular weight is 286 g/mol. The van der Waals surface area contributed by atoms with Crippen molar-refractivity contribution < 1.29 is 8.42 Å². The molecule has 7 heteroatoms. The number of anilines is 1. The number of fused-ring (bicyclic) bond motifs is 1. The van der Waals surface area contributed by atoms with E-state index in [1.165, 1.54) is 0 Å². The largest absolute Gasteiger partial charge is 0.360 e. The molecule has 0 saturated carbocycles. The highest BCUT2D eigenvalue weighted by atomic mass is 35.5. The summed E-state index contributed by atoms with van der Waals surface area (Å²) in [7, 11) is 0.00416. The Kier molecular flexibility index (Phi) is 3.16. The Labute approximate surface area is 110 Å². The summed E-state index contributed by atoms with van der Waals surface area (Å²) in [6.45, 7) is 0. The van der Waals surface area contributed by atoms with E-state index < -0.39 is 9.84 Å². The second-order valence-corrected chi connectivity index (χ2v) is 6.52. The predicted molar refractivity (Wildman–Crippen MR) is 72.0 cm³/mol. The Morgan fingerprint density at radius 3 is 2.39 bits per heavy atom. The number of rotatable bonds is 2. The maximum atomic E-state index is 11.7. The van der Waals surface area contributed by atoms with Crippen LogP contribution in [0.4, 0.5) is 5.82 Å². The van der Waals surface area contributed by atoms with E-state index in [1.54, 1.807) is 37.2 Å². The van der Waals surface area contributed by atoms with E-state index in [1.807, 2.05) is 0 Å². The van der Waals surface area contributed by atoms with Crippen LogP contribution in [0.3, 0.4) is 0 Å². The topological polar surface area (TPSA) is 63.2 Å². The zero-order chi connectivity index (χ0) is 13.5. The van der Waals surface area contributed by atoms with Crippen molar-refractivity contribution in [1.29, 1.82) is 0 Å². The number of nitrogens with zero attached hydrogens (tertiary/aromatic N) is 3. The molecule has 2 rings (SSSR count). The molecule has 18 heavy (non-hydrogen) atoms. The molecule has 0 N–H and O–H groups in total. The molecule has 0 amide bonds. The van der Waals surface area contributed by atoms with Crippen molar-refractivity contribution in [2.75, 3.05) is 25.3 Å². The van der Waals surface area contributed by atoms with Gasteiger partial charge in [-0.2, -0.15) is 0 Å².